The molecule has 1 atom stereocenters. The molecule has 0 aliphatic carbocycles. The molecule has 0 aliphatic rings. The van der Waals surface area contributed by atoms with E-state index in [9.17, 15) is 18.4 Å². The van der Waals surface area contributed by atoms with Crippen molar-refractivity contribution in [1.29, 1.82) is 0 Å². The largest absolute Gasteiger partial charge is 0.449 e. The van der Waals surface area contributed by atoms with Gasteiger partial charge in [0.15, 0.2) is 6.10 Å². The minimum absolute atomic E-state index is 0.147. The number of halogens is 2. The van der Waals surface area contributed by atoms with Gasteiger partial charge >= 0.3 is 5.97 Å². The van der Waals surface area contributed by atoms with Crippen molar-refractivity contribution in [2.24, 2.45) is 0 Å². The Morgan fingerprint density at radius 2 is 1.96 bits per heavy atom. The summed E-state index contributed by atoms with van der Waals surface area (Å²) >= 11 is 0. The number of benzene rings is 1. The number of carbonyl (C=O) groups excluding carboxylic acids is 2. The van der Waals surface area contributed by atoms with Gasteiger partial charge in [-0.15, -0.1) is 0 Å². The summed E-state index contributed by atoms with van der Waals surface area (Å²) in [6, 6.07) is 3.18. The average Bonchev–Trinajstić information content (AvgIpc) is 2.91. The fourth-order valence-electron chi connectivity index (χ4n) is 2.04. The number of aryl methyl sites for hydroxylation is 2. The van der Waals surface area contributed by atoms with Crippen molar-refractivity contribution in [2.75, 3.05) is 5.32 Å². The Morgan fingerprint density at radius 1 is 1.33 bits per heavy atom. The highest BCUT2D eigenvalue weighted by Gasteiger charge is 2.26. The minimum atomic E-state index is -1.27. The molecular weight excluding hydrogens is 322 g/mol. The van der Waals surface area contributed by atoms with Crippen LogP contribution in [-0.2, 0) is 16.0 Å². The second-order valence-electron chi connectivity index (χ2n) is 5.05. The van der Waals surface area contributed by atoms with Gasteiger partial charge in [-0.3, -0.25) is 4.79 Å². The van der Waals surface area contributed by atoms with E-state index in [-0.39, 0.29) is 11.3 Å². The molecule has 128 valence electrons. The zero-order valence-electron chi connectivity index (χ0n) is 13.4. The number of amides is 1. The molecule has 0 radical (unpaired) electrons. The van der Waals surface area contributed by atoms with Crippen LogP contribution in [0, 0.1) is 18.6 Å². The highest BCUT2D eigenvalue weighted by Crippen LogP contribution is 2.19. The van der Waals surface area contributed by atoms with Crippen LogP contribution in [0.5, 0.6) is 0 Å². The Labute approximate surface area is 136 Å². The van der Waals surface area contributed by atoms with Gasteiger partial charge in [0.2, 0.25) is 0 Å². The van der Waals surface area contributed by atoms with Crippen LogP contribution in [0.1, 0.15) is 35.7 Å². The number of nitrogens with zero attached hydrogens (tertiary/aromatic N) is 1. The summed E-state index contributed by atoms with van der Waals surface area (Å²) in [6.07, 6.45) is -0.821. The average molecular weight is 338 g/mol. The van der Waals surface area contributed by atoms with Gasteiger partial charge in [-0.05, 0) is 32.4 Å². The van der Waals surface area contributed by atoms with Gasteiger partial charge in [-0.25, -0.2) is 13.6 Å². The summed E-state index contributed by atoms with van der Waals surface area (Å²) in [5.41, 5.74) is -0.0414. The molecule has 2 aromatic rings. The molecule has 0 unspecified atom stereocenters. The van der Waals surface area contributed by atoms with Crippen molar-refractivity contribution in [3.05, 3.63) is 46.9 Å². The number of para-hydroxylation sites is 1. The predicted molar refractivity (Wildman–Crippen MR) is 80.5 cm³/mol. The standard InChI is InChI=1S/C16H16F2N2O4/c1-4-12-13(8(2)24-20-12)16(22)23-9(3)15(21)19-14-10(17)6-5-7-11(14)18/h5-7,9H,4H2,1-3H3,(H,19,21)/t9-/m0/s1. The van der Waals surface area contributed by atoms with E-state index in [4.69, 9.17) is 9.26 Å². The van der Waals surface area contributed by atoms with E-state index in [1.807, 2.05) is 0 Å². The quantitative estimate of drug-likeness (QED) is 0.848. The number of hydrogen-bond acceptors (Lipinski definition) is 5. The molecule has 1 N–H and O–H groups in total. The predicted octanol–water partition coefficient (Wildman–Crippen LogP) is 3.01. The number of ether oxygens (including phenoxy) is 1. The van der Waals surface area contributed by atoms with Crippen molar-refractivity contribution >= 4 is 17.6 Å². The summed E-state index contributed by atoms with van der Waals surface area (Å²) in [6.45, 7) is 4.62. The van der Waals surface area contributed by atoms with Gasteiger partial charge in [-0.2, -0.15) is 0 Å². The summed E-state index contributed by atoms with van der Waals surface area (Å²) in [4.78, 5) is 24.2. The molecule has 6 nitrogen and oxygen atoms in total. The van der Waals surface area contributed by atoms with Crippen molar-refractivity contribution in [2.45, 2.75) is 33.3 Å². The van der Waals surface area contributed by atoms with Crippen molar-refractivity contribution in [3.8, 4) is 0 Å². The van der Waals surface area contributed by atoms with E-state index in [1.54, 1.807) is 13.8 Å². The van der Waals surface area contributed by atoms with Gasteiger partial charge < -0.3 is 14.6 Å². The molecule has 1 aromatic carbocycles. The van der Waals surface area contributed by atoms with E-state index >= 15 is 0 Å². The van der Waals surface area contributed by atoms with E-state index in [2.05, 4.69) is 10.5 Å². The van der Waals surface area contributed by atoms with Gasteiger partial charge in [0, 0.05) is 0 Å². The summed E-state index contributed by atoms with van der Waals surface area (Å²) in [5, 5.41) is 5.79. The Bertz CT molecular complexity index is 753. The topological polar surface area (TPSA) is 81.4 Å². The molecule has 0 saturated heterocycles. The number of anilines is 1. The van der Waals surface area contributed by atoms with Crippen LogP contribution in [-0.4, -0.2) is 23.1 Å². The third-order valence-corrected chi connectivity index (χ3v) is 3.34. The van der Waals surface area contributed by atoms with Crippen LogP contribution in [0.4, 0.5) is 14.5 Å². The SMILES string of the molecule is CCc1noc(C)c1C(=O)O[C@@H](C)C(=O)Nc1c(F)cccc1F. The molecular formula is C16H16F2N2O4. The Balaban J connectivity index is 2.09. The number of nitrogens with one attached hydrogen (secondary N) is 1. The fourth-order valence-corrected chi connectivity index (χ4v) is 2.04. The third-order valence-electron chi connectivity index (χ3n) is 3.34. The van der Waals surface area contributed by atoms with Crippen LogP contribution in [0.15, 0.2) is 22.7 Å². The summed E-state index contributed by atoms with van der Waals surface area (Å²) in [5.74, 6) is -3.23. The Morgan fingerprint density at radius 3 is 2.54 bits per heavy atom. The molecule has 1 aromatic heterocycles. The maximum absolute atomic E-state index is 13.5. The summed E-state index contributed by atoms with van der Waals surface area (Å²) < 4.78 is 37.0. The highest BCUT2D eigenvalue weighted by molar-refractivity contribution is 5.98. The van der Waals surface area contributed by atoms with Crippen LogP contribution >= 0.6 is 0 Å². The minimum Gasteiger partial charge on any atom is -0.449 e. The molecule has 0 aliphatic heterocycles. The van der Waals surface area contributed by atoms with E-state index in [1.165, 1.54) is 13.0 Å². The van der Waals surface area contributed by atoms with Crippen LogP contribution in [0.3, 0.4) is 0 Å². The number of carbonyl (C=O) groups is 2. The second kappa shape index (κ2) is 7.20. The van der Waals surface area contributed by atoms with Crippen molar-refractivity contribution < 1.29 is 27.6 Å². The first-order valence-corrected chi connectivity index (χ1v) is 7.26. The molecule has 8 heteroatoms. The Kier molecular flexibility index (Phi) is 5.28. The number of hydrogen-bond donors (Lipinski definition) is 1. The number of esters is 1. The lowest BCUT2D eigenvalue weighted by Crippen LogP contribution is -2.31. The first-order chi connectivity index (χ1) is 11.3. The molecule has 0 fully saturated rings. The maximum atomic E-state index is 13.5. The third kappa shape index (κ3) is 3.58. The number of rotatable bonds is 5. The van der Waals surface area contributed by atoms with E-state index in [0.29, 0.717) is 12.1 Å². The lowest BCUT2D eigenvalue weighted by Gasteiger charge is -2.14. The molecule has 0 saturated carbocycles. The fraction of sp³-hybridized carbons (Fsp3) is 0.312. The van der Waals surface area contributed by atoms with Gasteiger partial charge in [0.1, 0.15) is 28.6 Å². The number of aromatic nitrogens is 1. The first kappa shape index (κ1) is 17.6. The lowest BCUT2D eigenvalue weighted by atomic mass is 10.1. The molecule has 24 heavy (non-hydrogen) atoms. The van der Waals surface area contributed by atoms with E-state index in [0.717, 1.165) is 12.1 Å². The van der Waals surface area contributed by atoms with Crippen molar-refractivity contribution in [3.63, 3.8) is 0 Å². The van der Waals surface area contributed by atoms with E-state index < -0.39 is 35.3 Å². The Hall–Kier alpha value is -2.77. The monoisotopic (exact) mass is 338 g/mol. The normalized spacial score (nSPS) is 11.9. The van der Waals surface area contributed by atoms with Crippen LogP contribution < -0.4 is 5.32 Å². The first-order valence-electron chi connectivity index (χ1n) is 7.26. The molecule has 1 heterocycles. The molecule has 0 spiro atoms. The maximum Gasteiger partial charge on any atom is 0.344 e. The second-order valence-corrected chi connectivity index (χ2v) is 5.05. The molecule has 0 bridgehead atoms. The van der Waals surface area contributed by atoms with Crippen molar-refractivity contribution in [1.82, 2.24) is 5.16 Å². The van der Waals surface area contributed by atoms with Gasteiger partial charge in [0.25, 0.3) is 5.91 Å². The zero-order chi connectivity index (χ0) is 17.9. The van der Waals surface area contributed by atoms with Gasteiger partial charge in [-0.1, -0.05) is 18.1 Å². The highest BCUT2D eigenvalue weighted by atomic mass is 19.1. The molecule has 1 amide bonds. The molecule has 2 rings (SSSR count). The lowest BCUT2D eigenvalue weighted by molar-refractivity contribution is -0.123. The van der Waals surface area contributed by atoms with Crippen LogP contribution in [0.25, 0.3) is 0 Å². The zero-order valence-corrected chi connectivity index (χ0v) is 13.4. The van der Waals surface area contributed by atoms with Gasteiger partial charge in [0.05, 0.1) is 5.69 Å². The summed E-state index contributed by atoms with van der Waals surface area (Å²) in [7, 11) is 0. The van der Waals surface area contributed by atoms with Crippen LogP contribution in [0.2, 0.25) is 0 Å². The smallest absolute Gasteiger partial charge is 0.344 e.